The summed E-state index contributed by atoms with van der Waals surface area (Å²) in [6.45, 7) is 4.88. The van der Waals surface area contributed by atoms with Crippen molar-refractivity contribution in [1.82, 2.24) is 0 Å². The van der Waals surface area contributed by atoms with E-state index in [1.165, 1.54) is 0 Å². The summed E-state index contributed by atoms with van der Waals surface area (Å²) in [6.07, 6.45) is 1.91. The van der Waals surface area contributed by atoms with Crippen molar-refractivity contribution in [3.05, 3.63) is 89.5 Å². The van der Waals surface area contributed by atoms with E-state index in [1.807, 2.05) is 61.5 Å². The summed E-state index contributed by atoms with van der Waals surface area (Å²) in [4.78, 5) is 13.1. The van der Waals surface area contributed by atoms with Crippen LogP contribution in [0.3, 0.4) is 0 Å². The number of hydrogen-bond acceptors (Lipinski definition) is 4. The highest BCUT2D eigenvalue weighted by Crippen LogP contribution is 2.31. The van der Waals surface area contributed by atoms with Gasteiger partial charge in [0.2, 0.25) is 0 Å². The van der Waals surface area contributed by atoms with Crippen LogP contribution < -0.4 is 14.2 Å². The summed E-state index contributed by atoms with van der Waals surface area (Å²) in [5, 5.41) is 0. The zero-order valence-corrected chi connectivity index (χ0v) is 16.9. The van der Waals surface area contributed by atoms with E-state index in [0.717, 1.165) is 24.0 Å². The van der Waals surface area contributed by atoms with Gasteiger partial charge in [0, 0.05) is 0 Å². The quantitative estimate of drug-likeness (QED) is 0.256. The maximum atomic E-state index is 13.1. The fourth-order valence-corrected chi connectivity index (χ4v) is 2.84. The van der Waals surface area contributed by atoms with Gasteiger partial charge in [-0.05, 0) is 42.7 Å². The molecule has 0 fully saturated rings. The Kier molecular flexibility index (Phi) is 7.28. The van der Waals surface area contributed by atoms with Crippen LogP contribution in [0.2, 0.25) is 0 Å². The van der Waals surface area contributed by atoms with Crippen molar-refractivity contribution < 1.29 is 19.0 Å². The smallest absolute Gasteiger partial charge is 0.351 e. The Hall–Kier alpha value is -3.27. The standard InChI is InChI=1S/C25H26O4/c1-3-4-17-27-22-15-10-16-23(28-18-20-12-6-5-7-13-20)24(22)25(26)29-21-14-9-8-11-19(21)2/h5-16H,3-4,17-18H2,1-2H3. The van der Waals surface area contributed by atoms with Gasteiger partial charge in [0.15, 0.2) is 0 Å². The van der Waals surface area contributed by atoms with E-state index in [9.17, 15) is 4.79 Å². The third-order valence-electron chi connectivity index (χ3n) is 4.48. The number of carbonyl (C=O) groups is 1. The molecule has 0 atom stereocenters. The molecule has 0 unspecified atom stereocenters. The van der Waals surface area contributed by atoms with Crippen LogP contribution in [0, 0.1) is 6.92 Å². The maximum absolute atomic E-state index is 13.1. The highest BCUT2D eigenvalue weighted by molar-refractivity contribution is 5.97. The van der Waals surface area contributed by atoms with Gasteiger partial charge in [0.05, 0.1) is 6.61 Å². The predicted octanol–water partition coefficient (Wildman–Crippen LogP) is 5.97. The first kappa shape index (κ1) is 20.5. The average Bonchev–Trinajstić information content (AvgIpc) is 2.75. The lowest BCUT2D eigenvalue weighted by atomic mass is 10.1. The summed E-state index contributed by atoms with van der Waals surface area (Å²) in [6, 6.07) is 22.6. The van der Waals surface area contributed by atoms with Crippen LogP contribution >= 0.6 is 0 Å². The molecule has 0 N–H and O–H groups in total. The van der Waals surface area contributed by atoms with Gasteiger partial charge in [-0.2, -0.15) is 0 Å². The molecule has 0 radical (unpaired) electrons. The first-order valence-electron chi connectivity index (χ1n) is 9.89. The molecule has 29 heavy (non-hydrogen) atoms. The zero-order valence-electron chi connectivity index (χ0n) is 16.9. The van der Waals surface area contributed by atoms with Crippen molar-refractivity contribution in [2.24, 2.45) is 0 Å². The molecule has 0 aliphatic rings. The fraction of sp³-hybridized carbons (Fsp3) is 0.240. The van der Waals surface area contributed by atoms with E-state index >= 15 is 0 Å². The molecule has 3 aromatic rings. The largest absolute Gasteiger partial charge is 0.493 e. The van der Waals surface area contributed by atoms with E-state index in [-0.39, 0.29) is 0 Å². The molecule has 0 aliphatic carbocycles. The Bertz CT molecular complexity index is 935. The minimum Gasteiger partial charge on any atom is -0.493 e. The van der Waals surface area contributed by atoms with Crippen LogP contribution in [-0.4, -0.2) is 12.6 Å². The Morgan fingerprint density at radius 1 is 0.793 bits per heavy atom. The van der Waals surface area contributed by atoms with Gasteiger partial charge in [-0.1, -0.05) is 67.9 Å². The molecule has 0 heterocycles. The van der Waals surface area contributed by atoms with Crippen molar-refractivity contribution in [3.8, 4) is 17.2 Å². The number of rotatable bonds is 9. The van der Waals surface area contributed by atoms with Gasteiger partial charge in [-0.3, -0.25) is 0 Å². The number of para-hydroxylation sites is 1. The third-order valence-corrected chi connectivity index (χ3v) is 4.48. The normalized spacial score (nSPS) is 10.4. The van der Waals surface area contributed by atoms with Gasteiger partial charge in [-0.25, -0.2) is 4.79 Å². The van der Waals surface area contributed by atoms with Crippen molar-refractivity contribution in [1.29, 1.82) is 0 Å². The topological polar surface area (TPSA) is 44.8 Å². The number of aryl methyl sites for hydroxylation is 1. The first-order chi connectivity index (χ1) is 14.2. The molecule has 4 nitrogen and oxygen atoms in total. The summed E-state index contributed by atoms with van der Waals surface area (Å²) in [5.41, 5.74) is 2.21. The molecule has 0 bridgehead atoms. The molecule has 0 aromatic heterocycles. The highest BCUT2D eigenvalue weighted by atomic mass is 16.5. The molecule has 4 heteroatoms. The van der Waals surface area contributed by atoms with Gasteiger partial charge < -0.3 is 14.2 Å². The van der Waals surface area contributed by atoms with Crippen LogP contribution in [0.15, 0.2) is 72.8 Å². The van der Waals surface area contributed by atoms with E-state index in [4.69, 9.17) is 14.2 Å². The van der Waals surface area contributed by atoms with Crippen LogP contribution in [0.5, 0.6) is 17.2 Å². The number of esters is 1. The molecule has 0 aliphatic heterocycles. The lowest BCUT2D eigenvalue weighted by Crippen LogP contribution is -2.14. The van der Waals surface area contributed by atoms with Crippen molar-refractivity contribution in [3.63, 3.8) is 0 Å². The lowest BCUT2D eigenvalue weighted by Gasteiger charge is -2.16. The molecule has 3 aromatic carbocycles. The monoisotopic (exact) mass is 390 g/mol. The lowest BCUT2D eigenvalue weighted by molar-refractivity contribution is 0.0723. The van der Waals surface area contributed by atoms with E-state index in [2.05, 4.69) is 6.92 Å². The van der Waals surface area contributed by atoms with Crippen LogP contribution in [0.25, 0.3) is 0 Å². The molecule has 150 valence electrons. The number of hydrogen-bond donors (Lipinski definition) is 0. The molecule has 0 saturated heterocycles. The van der Waals surface area contributed by atoms with E-state index in [1.54, 1.807) is 18.2 Å². The minimum atomic E-state index is -0.491. The van der Waals surface area contributed by atoms with Crippen molar-refractivity contribution >= 4 is 5.97 Å². The number of carbonyl (C=O) groups excluding carboxylic acids is 1. The zero-order chi connectivity index (χ0) is 20.5. The fourth-order valence-electron chi connectivity index (χ4n) is 2.84. The Morgan fingerprint density at radius 3 is 2.17 bits per heavy atom. The minimum absolute atomic E-state index is 0.308. The third kappa shape index (κ3) is 5.61. The second kappa shape index (κ2) is 10.3. The van der Waals surface area contributed by atoms with Crippen molar-refractivity contribution in [2.45, 2.75) is 33.3 Å². The van der Waals surface area contributed by atoms with Crippen molar-refractivity contribution in [2.75, 3.05) is 6.61 Å². The highest BCUT2D eigenvalue weighted by Gasteiger charge is 2.22. The van der Waals surface area contributed by atoms with Crippen LogP contribution in [0.4, 0.5) is 0 Å². The second-order valence-electron chi connectivity index (χ2n) is 6.76. The molecular formula is C25H26O4. The van der Waals surface area contributed by atoms with E-state index < -0.39 is 5.97 Å². The van der Waals surface area contributed by atoms with Crippen LogP contribution in [-0.2, 0) is 6.61 Å². The van der Waals surface area contributed by atoms with Gasteiger partial charge in [0.1, 0.15) is 29.4 Å². The molecule has 0 saturated carbocycles. The predicted molar refractivity (Wildman–Crippen MR) is 114 cm³/mol. The number of benzene rings is 3. The first-order valence-corrected chi connectivity index (χ1v) is 9.89. The summed E-state index contributed by atoms with van der Waals surface area (Å²) >= 11 is 0. The average molecular weight is 390 g/mol. The summed E-state index contributed by atoms with van der Waals surface area (Å²) in [7, 11) is 0. The molecular weight excluding hydrogens is 364 g/mol. The SMILES string of the molecule is CCCCOc1cccc(OCc2ccccc2)c1C(=O)Oc1ccccc1C. The number of unbranched alkanes of at least 4 members (excludes halogenated alkanes) is 1. The van der Waals surface area contributed by atoms with Gasteiger partial charge in [-0.15, -0.1) is 0 Å². The molecule has 3 rings (SSSR count). The Labute approximate surface area is 172 Å². The summed E-state index contributed by atoms with van der Waals surface area (Å²) < 4.78 is 17.5. The van der Waals surface area contributed by atoms with Gasteiger partial charge >= 0.3 is 5.97 Å². The molecule has 0 amide bonds. The number of ether oxygens (including phenoxy) is 3. The summed E-state index contributed by atoms with van der Waals surface area (Å²) in [5.74, 6) is 0.952. The maximum Gasteiger partial charge on any atom is 0.351 e. The second-order valence-corrected chi connectivity index (χ2v) is 6.76. The Balaban J connectivity index is 1.87. The van der Waals surface area contributed by atoms with Crippen LogP contribution in [0.1, 0.15) is 41.3 Å². The van der Waals surface area contributed by atoms with E-state index in [0.29, 0.717) is 36.0 Å². The Morgan fingerprint density at radius 2 is 1.45 bits per heavy atom. The molecule has 0 spiro atoms. The van der Waals surface area contributed by atoms with Gasteiger partial charge in [0.25, 0.3) is 0 Å².